The van der Waals surface area contributed by atoms with Crippen molar-refractivity contribution >= 4 is 27.5 Å². The van der Waals surface area contributed by atoms with Crippen molar-refractivity contribution in [2.45, 2.75) is 32.2 Å². The number of rotatable bonds is 3. The number of benzene rings is 1. The number of nitrogens with two attached hydrogens (primary N) is 1. The van der Waals surface area contributed by atoms with Gasteiger partial charge in [-0.3, -0.25) is 4.79 Å². The first-order valence-electron chi connectivity index (χ1n) is 5.78. The average Bonchev–Trinajstić information content (AvgIpc) is 3.04. The first kappa shape index (κ1) is 12.4. The fourth-order valence-corrected chi connectivity index (χ4v) is 2.44. The fourth-order valence-electron chi connectivity index (χ4n) is 1.99. The standard InChI is InChI=1S/C13H17BrN2O/c1-13(2,8-6-7-8)16-12(17)9-4-3-5-10(15)11(9)14/h3-5,8H,6-7,15H2,1-2H3,(H,16,17). The predicted molar refractivity (Wildman–Crippen MR) is 72.8 cm³/mol. The maximum Gasteiger partial charge on any atom is 0.252 e. The van der Waals surface area contributed by atoms with Gasteiger partial charge in [0, 0.05) is 11.2 Å². The van der Waals surface area contributed by atoms with Gasteiger partial charge in [0.05, 0.1) is 10.0 Å². The van der Waals surface area contributed by atoms with Crippen LogP contribution in [0.2, 0.25) is 0 Å². The van der Waals surface area contributed by atoms with E-state index < -0.39 is 0 Å². The van der Waals surface area contributed by atoms with Crippen molar-refractivity contribution in [2.75, 3.05) is 5.73 Å². The predicted octanol–water partition coefficient (Wildman–Crippen LogP) is 2.95. The summed E-state index contributed by atoms with van der Waals surface area (Å²) in [6, 6.07) is 5.34. The molecule has 0 atom stereocenters. The molecule has 17 heavy (non-hydrogen) atoms. The second-order valence-electron chi connectivity index (χ2n) is 5.16. The highest BCUT2D eigenvalue weighted by molar-refractivity contribution is 9.10. The van der Waals surface area contributed by atoms with Gasteiger partial charge in [-0.15, -0.1) is 0 Å². The van der Waals surface area contributed by atoms with Crippen molar-refractivity contribution in [1.29, 1.82) is 0 Å². The summed E-state index contributed by atoms with van der Waals surface area (Å²) in [6.07, 6.45) is 2.40. The molecule has 1 aromatic rings. The van der Waals surface area contributed by atoms with E-state index in [2.05, 4.69) is 35.1 Å². The van der Waals surface area contributed by atoms with Crippen LogP contribution in [-0.2, 0) is 0 Å². The van der Waals surface area contributed by atoms with Gasteiger partial charge in [0.1, 0.15) is 0 Å². The third-order valence-electron chi connectivity index (χ3n) is 3.31. The van der Waals surface area contributed by atoms with Gasteiger partial charge in [-0.25, -0.2) is 0 Å². The van der Waals surface area contributed by atoms with Crippen LogP contribution in [0.15, 0.2) is 22.7 Å². The van der Waals surface area contributed by atoms with Crippen molar-refractivity contribution in [2.24, 2.45) is 5.92 Å². The van der Waals surface area contributed by atoms with Gasteiger partial charge in [-0.1, -0.05) is 6.07 Å². The van der Waals surface area contributed by atoms with Crippen LogP contribution in [0, 0.1) is 5.92 Å². The van der Waals surface area contributed by atoms with Crippen LogP contribution in [0.3, 0.4) is 0 Å². The van der Waals surface area contributed by atoms with Crippen LogP contribution in [0.1, 0.15) is 37.0 Å². The second-order valence-corrected chi connectivity index (χ2v) is 5.95. The maximum absolute atomic E-state index is 12.2. The van der Waals surface area contributed by atoms with Crippen LogP contribution in [0.4, 0.5) is 5.69 Å². The molecule has 2 rings (SSSR count). The molecule has 1 aromatic carbocycles. The quantitative estimate of drug-likeness (QED) is 0.843. The van der Waals surface area contributed by atoms with E-state index in [9.17, 15) is 4.79 Å². The van der Waals surface area contributed by atoms with Gasteiger partial charge in [-0.2, -0.15) is 0 Å². The van der Waals surface area contributed by atoms with Crippen molar-refractivity contribution < 1.29 is 4.79 Å². The van der Waals surface area contributed by atoms with E-state index in [0.29, 0.717) is 21.6 Å². The van der Waals surface area contributed by atoms with Crippen LogP contribution in [0.25, 0.3) is 0 Å². The zero-order valence-electron chi connectivity index (χ0n) is 10.1. The molecule has 0 aliphatic heterocycles. The number of halogens is 1. The average molecular weight is 297 g/mol. The van der Waals surface area contributed by atoms with Crippen molar-refractivity contribution in [3.63, 3.8) is 0 Å². The Bertz CT molecular complexity index is 453. The first-order chi connectivity index (χ1) is 7.92. The Morgan fingerprint density at radius 1 is 1.47 bits per heavy atom. The Balaban J connectivity index is 2.17. The van der Waals surface area contributed by atoms with Gasteiger partial charge in [0.25, 0.3) is 5.91 Å². The lowest BCUT2D eigenvalue weighted by Crippen LogP contribution is -2.45. The molecule has 0 bridgehead atoms. The van der Waals surface area contributed by atoms with Gasteiger partial charge in [0.15, 0.2) is 0 Å². The van der Waals surface area contributed by atoms with Crippen LogP contribution >= 0.6 is 15.9 Å². The molecule has 1 aliphatic rings. The van der Waals surface area contributed by atoms with Gasteiger partial charge in [0.2, 0.25) is 0 Å². The molecule has 3 N–H and O–H groups in total. The summed E-state index contributed by atoms with van der Waals surface area (Å²) in [7, 11) is 0. The highest BCUT2D eigenvalue weighted by Gasteiger charge is 2.39. The van der Waals surface area contributed by atoms with E-state index in [-0.39, 0.29) is 11.4 Å². The van der Waals surface area contributed by atoms with Crippen molar-refractivity contribution in [3.8, 4) is 0 Å². The summed E-state index contributed by atoms with van der Waals surface area (Å²) < 4.78 is 0.670. The molecule has 1 aliphatic carbocycles. The normalized spacial score (nSPS) is 15.7. The summed E-state index contributed by atoms with van der Waals surface area (Å²) in [6.45, 7) is 4.14. The number of nitrogen functional groups attached to an aromatic ring is 1. The smallest absolute Gasteiger partial charge is 0.252 e. The van der Waals surface area contributed by atoms with Gasteiger partial charge < -0.3 is 11.1 Å². The van der Waals surface area contributed by atoms with Gasteiger partial charge in [-0.05, 0) is 60.7 Å². The van der Waals surface area contributed by atoms with E-state index in [1.54, 1.807) is 18.2 Å². The number of amides is 1. The van der Waals surface area contributed by atoms with E-state index >= 15 is 0 Å². The lowest BCUT2D eigenvalue weighted by Gasteiger charge is -2.26. The van der Waals surface area contributed by atoms with Crippen LogP contribution in [0.5, 0.6) is 0 Å². The number of anilines is 1. The van der Waals surface area contributed by atoms with Gasteiger partial charge >= 0.3 is 0 Å². The minimum atomic E-state index is -0.138. The zero-order chi connectivity index (χ0) is 12.6. The van der Waals surface area contributed by atoms with E-state index in [1.165, 1.54) is 12.8 Å². The minimum absolute atomic E-state index is 0.0684. The minimum Gasteiger partial charge on any atom is -0.398 e. The number of hydrogen-bond donors (Lipinski definition) is 2. The molecular weight excluding hydrogens is 280 g/mol. The lowest BCUT2D eigenvalue weighted by molar-refractivity contribution is 0.0902. The van der Waals surface area contributed by atoms with Crippen LogP contribution < -0.4 is 11.1 Å². The SMILES string of the molecule is CC(C)(NC(=O)c1cccc(N)c1Br)C1CC1. The first-order valence-corrected chi connectivity index (χ1v) is 6.57. The van der Waals surface area contributed by atoms with Crippen molar-refractivity contribution in [1.82, 2.24) is 5.32 Å². The van der Waals surface area contributed by atoms with E-state index in [1.807, 2.05) is 0 Å². The van der Waals surface area contributed by atoms with Crippen LogP contribution in [-0.4, -0.2) is 11.4 Å². The Labute approximate surface area is 110 Å². The molecule has 0 aromatic heterocycles. The Morgan fingerprint density at radius 2 is 2.12 bits per heavy atom. The zero-order valence-corrected chi connectivity index (χ0v) is 11.7. The third-order valence-corrected chi connectivity index (χ3v) is 4.19. The van der Waals surface area contributed by atoms with E-state index in [0.717, 1.165) is 0 Å². The molecule has 1 saturated carbocycles. The number of carbonyl (C=O) groups is 1. The topological polar surface area (TPSA) is 55.1 Å². The largest absolute Gasteiger partial charge is 0.398 e. The number of hydrogen-bond acceptors (Lipinski definition) is 2. The third kappa shape index (κ3) is 2.63. The highest BCUT2D eigenvalue weighted by atomic mass is 79.9. The maximum atomic E-state index is 12.2. The summed E-state index contributed by atoms with van der Waals surface area (Å²) in [4.78, 5) is 12.2. The molecule has 3 nitrogen and oxygen atoms in total. The summed E-state index contributed by atoms with van der Waals surface area (Å²) in [5, 5.41) is 3.08. The summed E-state index contributed by atoms with van der Waals surface area (Å²) in [5.74, 6) is 0.535. The molecular formula is C13H17BrN2O. The molecule has 0 radical (unpaired) electrons. The van der Waals surface area contributed by atoms with E-state index in [4.69, 9.17) is 5.73 Å². The fraction of sp³-hybridized carbons (Fsp3) is 0.462. The molecule has 92 valence electrons. The lowest BCUT2D eigenvalue weighted by atomic mass is 9.98. The summed E-state index contributed by atoms with van der Waals surface area (Å²) in [5.41, 5.74) is 6.81. The molecule has 1 amide bonds. The van der Waals surface area contributed by atoms with Crippen molar-refractivity contribution in [3.05, 3.63) is 28.2 Å². The monoisotopic (exact) mass is 296 g/mol. The molecule has 0 saturated heterocycles. The Hall–Kier alpha value is -1.03. The number of nitrogens with one attached hydrogen (secondary N) is 1. The molecule has 1 fully saturated rings. The molecule has 0 unspecified atom stereocenters. The molecule has 4 heteroatoms. The number of carbonyl (C=O) groups excluding carboxylic acids is 1. The molecule has 0 heterocycles. The highest BCUT2D eigenvalue weighted by Crippen LogP contribution is 2.39. The second kappa shape index (κ2) is 4.33. The Kier molecular flexibility index (Phi) is 3.17. The summed E-state index contributed by atoms with van der Waals surface area (Å²) >= 11 is 3.36. The Morgan fingerprint density at radius 3 is 2.71 bits per heavy atom. The molecule has 0 spiro atoms.